The highest BCUT2D eigenvalue weighted by molar-refractivity contribution is 5.86. The van der Waals surface area contributed by atoms with Gasteiger partial charge < -0.3 is 14.4 Å². The summed E-state index contributed by atoms with van der Waals surface area (Å²) in [7, 11) is 0. The zero-order valence-corrected chi connectivity index (χ0v) is 18.5. The van der Waals surface area contributed by atoms with E-state index in [0.29, 0.717) is 30.9 Å². The topological polar surface area (TPSA) is 97.0 Å². The lowest BCUT2D eigenvalue weighted by Gasteiger charge is -2.32. The Hall–Kier alpha value is -3.62. The van der Waals surface area contributed by atoms with Crippen LogP contribution in [-0.4, -0.2) is 48.4 Å². The van der Waals surface area contributed by atoms with Gasteiger partial charge in [-0.1, -0.05) is 18.2 Å². The fraction of sp³-hybridized carbons (Fsp3) is 0.375. The summed E-state index contributed by atoms with van der Waals surface area (Å²) in [6.45, 7) is 2.65. The van der Waals surface area contributed by atoms with Gasteiger partial charge in [-0.05, 0) is 56.2 Å². The van der Waals surface area contributed by atoms with E-state index in [2.05, 4.69) is 10.9 Å². The van der Waals surface area contributed by atoms with Crippen LogP contribution in [0.15, 0.2) is 54.6 Å². The van der Waals surface area contributed by atoms with Crippen LogP contribution in [0.5, 0.6) is 11.5 Å². The van der Waals surface area contributed by atoms with E-state index in [9.17, 15) is 18.8 Å². The molecule has 0 radical (unpaired) electrons. The van der Waals surface area contributed by atoms with Crippen molar-refractivity contribution < 1.29 is 28.2 Å². The highest BCUT2D eigenvalue weighted by Gasteiger charge is 2.29. The average Bonchev–Trinajstić information content (AvgIpc) is 2.84. The van der Waals surface area contributed by atoms with Gasteiger partial charge in [0.25, 0.3) is 5.91 Å². The van der Waals surface area contributed by atoms with Gasteiger partial charge in [-0.15, -0.1) is 0 Å². The van der Waals surface area contributed by atoms with Crippen LogP contribution in [-0.2, 0) is 14.4 Å². The number of rotatable bonds is 8. The number of likely N-dealkylation sites (tertiary alicyclic amines) is 1. The van der Waals surface area contributed by atoms with E-state index in [0.717, 1.165) is 0 Å². The second-order valence-corrected chi connectivity index (χ2v) is 7.78. The number of halogens is 1. The standard InChI is InChI=1S/C24H28FN3O5/c1-17(33-21-11-9-19(25)10-12-21)23(30)26-27-24(31)18-6-5-14-28(16-18)22(29)13-15-32-20-7-3-2-4-8-20/h2-4,7-12,17-18H,5-6,13-16H2,1H3,(H,26,30)(H,27,31). The molecule has 176 valence electrons. The first-order chi connectivity index (χ1) is 15.9. The minimum atomic E-state index is -0.898. The van der Waals surface area contributed by atoms with Crippen molar-refractivity contribution in [1.29, 1.82) is 0 Å². The quantitative estimate of drug-likeness (QED) is 0.594. The molecule has 33 heavy (non-hydrogen) atoms. The maximum Gasteiger partial charge on any atom is 0.279 e. The summed E-state index contributed by atoms with van der Waals surface area (Å²) in [6, 6.07) is 14.5. The van der Waals surface area contributed by atoms with E-state index in [-0.39, 0.29) is 31.4 Å². The zero-order valence-electron chi connectivity index (χ0n) is 18.5. The van der Waals surface area contributed by atoms with E-state index in [1.54, 1.807) is 4.90 Å². The molecule has 2 unspecified atom stereocenters. The van der Waals surface area contributed by atoms with Gasteiger partial charge in [-0.3, -0.25) is 25.2 Å². The molecule has 2 N–H and O–H groups in total. The monoisotopic (exact) mass is 457 g/mol. The van der Waals surface area contributed by atoms with Crippen LogP contribution in [0.25, 0.3) is 0 Å². The molecule has 8 nitrogen and oxygen atoms in total. The molecule has 2 aromatic rings. The molecule has 3 amide bonds. The van der Waals surface area contributed by atoms with Gasteiger partial charge >= 0.3 is 0 Å². The molecule has 1 aliphatic heterocycles. The highest BCUT2D eigenvalue weighted by atomic mass is 19.1. The van der Waals surface area contributed by atoms with Crippen LogP contribution in [0, 0.1) is 11.7 Å². The molecule has 9 heteroatoms. The van der Waals surface area contributed by atoms with E-state index >= 15 is 0 Å². The lowest BCUT2D eigenvalue weighted by atomic mass is 9.97. The molecule has 0 spiro atoms. The molecule has 1 saturated heterocycles. The van der Waals surface area contributed by atoms with Crippen LogP contribution in [0.3, 0.4) is 0 Å². The summed E-state index contributed by atoms with van der Waals surface area (Å²) in [5, 5.41) is 0. The molecule has 0 aromatic heterocycles. The number of benzene rings is 2. The Morgan fingerprint density at radius 1 is 1.06 bits per heavy atom. The first-order valence-electron chi connectivity index (χ1n) is 10.9. The average molecular weight is 458 g/mol. The third-order valence-corrected chi connectivity index (χ3v) is 5.28. The fourth-order valence-electron chi connectivity index (χ4n) is 3.45. The lowest BCUT2D eigenvalue weighted by Crippen LogP contribution is -2.52. The normalized spacial score (nSPS) is 16.4. The number of carbonyl (C=O) groups is 3. The largest absolute Gasteiger partial charge is 0.493 e. The van der Waals surface area contributed by atoms with Gasteiger partial charge in [0.05, 0.1) is 18.9 Å². The highest BCUT2D eigenvalue weighted by Crippen LogP contribution is 2.18. The number of hydrazine groups is 1. The number of hydrogen-bond acceptors (Lipinski definition) is 5. The minimum absolute atomic E-state index is 0.0752. The Balaban J connectivity index is 1.39. The summed E-state index contributed by atoms with van der Waals surface area (Å²) in [5.74, 6) is -0.780. The summed E-state index contributed by atoms with van der Waals surface area (Å²) in [5.41, 5.74) is 4.76. The van der Waals surface area contributed by atoms with Crippen molar-refractivity contribution in [3.05, 3.63) is 60.4 Å². The van der Waals surface area contributed by atoms with Crippen LogP contribution < -0.4 is 20.3 Å². The van der Waals surface area contributed by atoms with Crippen molar-refractivity contribution >= 4 is 17.7 Å². The molecular formula is C24H28FN3O5. The zero-order chi connectivity index (χ0) is 23.6. The second kappa shape index (κ2) is 11.8. The van der Waals surface area contributed by atoms with Gasteiger partial charge in [-0.25, -0.2) is 4.39 Å². The maximum atomic E-state index is 13.0. The molecule has 0 bridgehead atoms. The van der Waals surface area contributed by atoms with E-state index in [1.807, 2.05) is 30.3 Å². The number of ether oxygens (including phenoxy) is 2. The molecule has 0 saturated carbocycles. The Labute approximate surface area is 192 Å². The molecule has 1 heterocycles. The Morgan fingerprint density at radius 2 is 1.79 bits per heavy atom. The molecule has 1 aliphatic rings. The van der Waals surface area contributed by atoms with Crippen molar-refractivity contribution in [2.75, 3.05) is 19.7 Å². The van der Waals surface area contributed by atoms with Crippen LogP contribution in [0.1, 0.15) is 26.2 Å². The predicted octanol–water partition coefficient (Wildman–Crippen LogP) is 2.45. The Morgan fingerprint density at radius 3 is 2.52 bits per heavy atom. The number of hydrogen-bond donors (Lipinski definition) is 2. The predicted molar refractivity (Wildman–Crippen MR) is 119 cm³/mol. The fourth-order valence-corrected chi connectivity index (χ4v) is 3.45. The van der Waals surface area contributed by atoms with Crippen molar-refractivity contribution in [2.24, 2.45) is 5.92 Å². The van der Waals surface area contributed by atoms with Gasteiger partial charge in [0.1, 0.15) is 17.3 Å². The third-order valence-electron chi connectivity index (χ3n) is 5.28. The van der Waals surface area contributed by atoms with E-state index in [4.69, 9.17) is 9.47 Å². The van der Waals surface area contributed by atoms with Crippen molar-refractivity contribution in [1.82, 2.24) is 15.8 Å². The van der Waals surface area contributed by atoms with E-state index in [1.165, 1.54) is 31.2 Å². The first-order valence-corrected chi connectivity index (χ1v) is 10.9. The molecular weight excluding hydrogens is 429 g/mol. The van der Waals surface area contributed by atoms with Gasteiger partial charge in [0.15, 0.2) is 6.10 Å². The Kier molecular flexibility index (Phi) is 8.63. The molecule has 1 fully saturated rings. The van der Waals surface area contributed by atoms with Crippen molar-refractivity contribution in [2.45, 2.75) is 32.3 Å². The summed E-state index contributed by atoms with van der Waals surface area (Å²) >= 11 is 0. The number of amides is 3. The SMILES string of the molecule is CC(Oc1ccc(F)cc1)C(=O)NNC(=O)C1CCCN(C(=O)CCOc2ccccc2)C1. The van der Waals surface area contributed by atoms with Crippen LogP contribution >= 0.6 is 0 Å². The molecule has 2 aromatic carbocycles. The minimum Gasteiger partial charge on any atom is -0.493 e. The number of nitrogens with zero attached hydrogens (tertiary/aromatic N) is 1. The summed E-state index contributed by atoms with van der Waals surface area (Å²) < 4.78 is 24.0. The number of piperidine rings is 1. The van der Waals surface area contributed by atoms with Crippen LogP contribution in [0.2, 0.25) is 0 Å². The Bertz CT molecular complexity index is 939. The molecule has 3 rings (SSSR count). The smallest absolute Gasteiger partial charge is 0.279 e. The number of para-hydroxylation sites is 1. The molecule has 0 aliphatic carbocycles. The van der Waals surface area contributed by atoms with Gasteiger partial charge in [0.2, 0.25) is 11.8 Å². The number of nitrogens with one attached hydrogen (secondary N) is 2. The summed E-state index contributed by atoms with van der Waals surface area (Å²) in [4.78, 5) is 38.9. The van der Waals surface area contributed by atoms with Gasteiger partial charge in [-0.2, -0.15) is 0 Å². The number of carbonyl (C=O) groups excluding carboxylic acids is 3. The van der Waals surface area contributed by atoms with Crippen molar-refractivity contribution in [3.8, 4) is 11.5 Å². The van der Waals surface area contributed by atoms with Crippen LogP contribution in [0.4, 0.5) is 4.39 Å². The van der Waals surface area contributed by atoms with Crippen molar-refractivity contribution in [3.63, 3.8) is 0 Å². The first kappa shape index (κ1) is 24.0. The summed E-state index contributed by atoms with van der Waals surface area (Å²) in [6.07, 6.45) is 0.637. The lowest BCUT2D eigenvalue weighted by molar-refractivity contribution is -0.138. The maximum absolute atomic E-state index is 13.0. The van der Waals surface area contributed by atoms with E-state index < -0.39 is 23.7 Å². The van der Waals surface area contributed by atoms with Gasteiger partial charge in [0, 0.05) is 13.1 Å². The third kappa shape index (κ3) is 7.48. The second-order valence-electron chi connectivity index (χ2n) is 7.78. The molecule has 2 atom stereocenters.